The Morgan fingerprint density at radius 2 is 1.55 bits per heavy atom. The summed E-state index contributed by atoms with van der Waals surface area (Å²) < 4.78 is 76.0. The number of benzene rings is 2. The van der Waals surface area contributed by atoms with Gasteiger partial charge in [-0.15, -0.1) is 6.54 Å². The molecule has 44 heavy (non-hydrogen) atoms. The molecule has 2 unspecified atom stereocenters. The predicted molar refractivity (Wildman–Crippen MR) is 149 cm³/mol. The molecule has 2 aromatic carbocycles. The van der Waals surface area contributed by atoms with E-state index < -0.39 is 34.9 Å². The molecule has 3 rings (SSSR count). The van der Waals surface area contributed by atoms with E-state index in [2.05, 4.69) is 24.4 Å². The predicted octanol–water partition coefficient (Wildman–Crippen LogP) is 6.52. The molecule has 1 heterocycles. The minimum atomic E-state index is -4.89. The molecule has 3 N–H and O–H groups in total. The largest absolute Gasteiger partial charge is 0.653 e. The Labute approximate surface area is 279 Å². The third kappa shape index (κ3) is 11.0. The number of nitrogens with zero attached hydrogens (tertiary/aromatic N) is 3. The monoisotopic (exact) mass is 709 g/mol. The minimum Gasteiger partial charge on any atom is -0.653 e. The summed E-state index contributed by atoms with van der Waals surface area (Å²) in [5.74, 6) is 0.00841. The van der Waals surface area contributed by atoms with E-state index in [-0.39, 0.29) is 75.9 Å². The van der Waals surface area contributed by atoms with Crippen molar-refractivity contribution < 1.29 is 79.3 Å². The SMILES string of the molecule is CCC(c1cc(C(F)(F)F)cc(C(F)(F)F)c1)N(C)O.Cc1ccccc1C1CN(C(=O)C(C)(CCO)CCO)CC[N-]1.[Y]. The molecule has 1 aliphatic rings. The van der Waals surface area contributed by atoms with Gasteiger partial charge in [0.15, 0.2) is 0 Å². The molecule has 1 amide bonds. The van der Waals surface area contributed by atoms with Crippen LogP contribution in [0.4, 0.5) is 26.3 Å². The summed E-state index contributed by atoms with van der Waals surface area (Å²) in [5, 5.41) is 33.1. The van der Waals surface area contributed by atoms with E-state index in [9.17, 15) is 46.6 Å². The van der Waals surface area contributed by atoms with Crippen molar-refractivity contribution in [2.45, 2.75) is 64.5 Å². The number of aliphatic hydroxyl groups excluding tert-OH is 2. The van der Waals surface area contributed by atoms with Crippen LogP contribution in [0.5, 0.6) is 0 Å². The van der Waals surface area contributed by atoms with Crippen molar-refractivity contribution in [1.29, 1.82) is 0 Å². The molecule has 0 bridgehead atoms. The van der Waals surface area contributed by atoms with E-state index in [4.69, 9.17) is 0 Å². The van der Waals surface area contributed by atoms with Gasteiger partial charge < -0.3 is 25.6 Å². The van der Waals surface area contributed by atoms with Crippen LogP contribution in [-0.2, 0) is 49.9 Å². The van der Waals surface area contributed by atoms with Crippen LogP contribution in [0.1, 0.15) is 73.0 Å². The molecule has 1 saturated heterocycles. The van der Waals surface area contributed by atoms with E-state index in [1.54, 1.807) is 6.92 Å². The van der Waals surface area contributed by atoms with Crippen molar-refractivity contribution in [3.05, 3.63) is 75.6 Å². The first-order valence-electron chi connectivity index (χ1n) is 13.9. The smallest absolute Gasteiger partial charge is 0.416 e. The molecule has 2 aromatic rings. The van der Waals surface area contributed by atoms with Crippen molar-refractivity contribution >= 4 is 5.91 Å². The number of piperazine rings is 1. The summed E-state index contributed by atoms with van der Waals surface area (Å²) in [6.45, 7) is 7.13. The van der Waals surface area contributed by atoms with Gasteiger partial charge in [0.25, 0.3) is 0 Å². The molecular weight excluding hydrogens is 669 g/mol. The van der Waals surface area contributed by atoms with Gasteiger partial charge in [0.2, 0.25) is 5.91 Å². The standard InChI is InChI=1S/C18H27N2O3.C12H13F6NO.Y/c1-14-5-3-4-6-15(14)16-13-20(10-9-19-16)17(23)18(2,7-11-21)8-12-22;1-3-10(19(2)20)7-4-8(11(13,14)15)6-9(5-7)12(16,17)18;/h3-6,16,21-22H,7-13H2,1-2H3;4-6,10,20H,3H2,1-2H3;/q-1;;. The van der Waals surface area contributed by atoms with Gasteiger partial charge in [-0.05, 0) is 55.5 Å². The number of hydrogen-bond acceptors (Lipinski definition) is 5. The number of aryl methyl sites for hydroxylation is 1. The fourth-order valence-electron chi connectivity index (χ4n) is 5.14. The Morgan fingerprint density at radius 3 is 1.98 bits per heavy atom. The van der Waals surface area contributed by atoms with Gasteiger partial charge in [-0.25, -0.2) is 0 Å². The number of carbonyl (C=O) groups is 1. The molecule has 2 atom stereocenters. The molecule has 7 nitrogen and oxygen atoms in total. The Kier molecular flexibility index (Phi) is 15.9. The van der Waals surface area contributed by atoms with Crippen molar-refractivity contribution in [1.82, 2.24) is 9.96 Å². The van der Waals surface area contributed by atoms with Gasteiger partial charge in [-0.2, -0.15) is 31.4 Å². The molecule has 1 fully saturated rings. The Balaban J connectivity index is 0.000000435. The fraction of sp³-hybridized carbons (Fsp3) is 0.567. The maximum atomic E-state index is 12.9. The van der Waals surface area contributed by atoms with E-state index in [1.807, 2.05) is 24.0 Å². The molecular formula is C30H40F6N3O4Y-. The number of amides is 1. The van der Waals surface area contributed by atoms with Gasteiger partial charge in [-0.1, -0.05) is 49.7 Å². The fourth-order valence-corrected chi connectivity index (χ4v) is 5.14. The number of hydrogen-bond donors (Lipinski definition) is 3. The van der Waals surface area contributed by atoms with Crippen molar-refractivity contribution in [3.8, 4) is 0 Å². The minimum absolute atomic E-state index is 0. The molecule has 0 spiro atoms. The summed E-state index contributed by atoms with van der Waals surface area (Å²) >= 11 is 0. The second-order valence-corrected chi connectivity index (χ2v) is 10.9. The van der Waals surface area contributed by atoms with Gasteiger partial charge in [-0.3, -0.25) is 4.79 Å². The summed E-state index contributed by atoms with van der Waals surface area (Å²) in [5.41, 5.74) is -1.37. The van der Waals surface area contributed by atoms with Crippen molar-refractivity contribution in [3.63, 3.8) is 0 Å². The number of carbonyl (C=O) groups excluding carboxylic acids is 1. The van der Waals surface area contributed by atoms with E-state index >= 15 is 0 Å². The summed E-state index contributed by atoms with van der Waals surface area (Å²) in [6, 6.07) is 8.50. The van der Waals surface area contributed by atoms with Gasteiger partial charge >= 0.3 is 12.4 Å². The third-order valence-corrected chi connectivity index (χ3v) is 7.62. The van der Waals surface area contributed by atoms with Crippen molar-refractivity contribution in [2.75, 3.05) is 39.9 Å². The number of alkyl halides is 6. The molecule has 1 aliphatic heterocycles. The summed E-state index contributed by atoms with van der Waals surface area (Å²) in [7, 11) is 1.17. The maximum absolute atomic E-state index is 12.9. The van der Waals surface area contributed by atoms with Crippen LogP contribution < -0.4 is 0 Å². The zero-order chi connectivity index (χ0) is 32.6. The maximum Gasteiger partial charge on any atom is 0.416 e. The van der Waals surface area contributed by atoms with Crippen LogP contribution in [0.2, 0.25) is 0 Å². The molecule has 1 radical (unpaired) electrons. The van der Waals surface area contributed by atoms with Crippen LogP contribution in [0.25, 0.3) is 5.32 Å². The number of aliphatic hydroxyl groups is 2. The first-order valence-corrected chi connectivity index (χ1v) is 13.9. The number of hydroxylamine groups is 2. The van der Waals surface area contributed by atoms with Crippen molar-refractivity contribution in [2.24, 2.45) is 5.41 Å². The molecule has 245 valence electrons. The third-order valence-electron chi connectivity index (χ3n) is 7.62. The zero-order valence-corrected chi connectivity index (χ0v) is 28.1. The van der Waals surface area contributed by atoms with Gasteiger partial charge in [0, 0.05) is 66.1 Å². The Hall–Kier alpha value is -1.61. The van der Waals surface area contributed by atoms with E-state index in [1.165, 1.54) is 12.6 Å². The second-order valence-electron chi connectivity index (χ2n) is 10.9. The van der Waals surface area contributed by atoms with Gasteiger partial charge in [0.05, 0.1) is 22.6 Å². The van der Waals surface area contributed by atoms with Crippen LogP contribution >= 0.6 is 0 Å². The summed E-state index contributed by atoms with van der Waals surface area (Å²) in [4.78, 5) is 14.8. The number of rotatable bonds is 9. The average molecular weight is 710 g/mol. The quantitative estimate of drug-likeness (QED) is 0.204. The normalized spacial score (nSPS) is 16.6. The van der Waals surface area contributed by atoms with Crippen LogP contribution in [0.15, 0.2) is 42.5 Å². The van der Waals surface area contributed by atoms with Crippen LogP contribution in [0, 0.1) is 12.3 Å². The van der Waals surface area contributed by atoms with Crippen LogP contribution in [-0.4, -0.2) is 71.2 Å². The topological polar surface area (TPSA) is 98.3 Å². The molecule has 0 aromatic heterocycles. The second kappa shape index (κ2) is 17.3. The first-order chi connectivity index (χ1) is 20.0. The Bertz CT molecular complexity index is 1160. The molecule has 0 aliphatic carbocycles. The average Bonchev–Trinajstić information content (AvgIpc) is 2.93. The van der Waals surface area contributed by atoms with Gasteiger partial charge in [0.1, 0.15) is 0 Å². The number of halogens is 6. The Morgan fingerprint density at radius 1 is 1.02 bits per heavy atom. The first kappa shape index (κ1) is 40.4. The summed E-state index contributed by atoms with van der Waals surface area (Å²) in [6.07, 6.45) is -8.87. The zero-order valence-electron chi connectivity index (χ0n) is 25.3. The molecule has 0 saturated carbocycles. The van der Waals surface area contributed by atoms with E-state index in [0.29, 0.717) is 49.7 Å². The van der Waals surface area contributed by atoms with Crippen LogP contribution in [0.3, 0.4) is 0 Å². The molecule has 14 heteroatoms. The van der Waals surface area contributed by atoms with E-state index in [0.717, 1.165) is 5.56 Å².